The van der Waals surface area contributed by atoms with Crippen molar-refractivity contribution in [3.8, 4) is 0 Å². The zero-order valence-corrected chi connectivity index (χ0v) is 11.7. The lowest BCUT2D eigenvalue weighted by molar-refractivity contribution is -0.139. The Morgan fingerprint density at radius 1 is 1.17 bits per heavy atom. The fourth-order valence-electron chi connectivity index (χ4n) is 1.99. The van der Waals surface area contributed by atoms with Crippen LogP contribution in [-0.2, 0) is 14.3 Å². The quantitative estimate of drug-likeness (QED) is 0.259. The van der Waals surface area contributed by atoms with Crippen molar-refractivity contribution in [1.29, 1.82) is 0 Å². The zero-order valence-electron chi connectivity index (χ0n) is 11.7. The van der Waals surface area contributed by atoms with Gasteiger partial charge in [-0.1, -0.05) is 52.0 Å². The Kier molecular flexibility index (Phi) is 7.02. The van der Waals surface area contributed by atoms with Crippen LogP contribution in [0.4, 0.5) is 0 Å². The first-order valence-corrected chi connectivity index (χ1v) is 7.13. The van der Waals surface area contributed by atoms with E-state index < -0.39 is 0 Å². The van der Waals surface area contributed by atoms with Crippen LogP contribution in [0.2, 0.25) is 0 Å². The van der Waals surface area contributed by atoms with Gasteiger partial charge in [-0.15, -0.1) is 0 Å². The van der Waals surface area contributed by atoms with Gasteiger partial charge < -0.3 is 9.47 Å². The molecule has 0 N–H and O–H groups in total. The van der Waals surface area contributed by atoms with Gasteiger partial charge in [-0.2, -0.15) is 0 Å². The van der Waals surface area contributed by atoms with E-state index in [-0.39, 0.29) is 12.1 Å². The van der Waals surface area contributed by atoms with Crippen molar-refractivity contribution in [2.24, 2.45) is 0 Å². The molecule has 1 heterocycles. The van der Waals surface area contributed by atoms with Gasteiger partial charge in [0.25, 0.3) is 0 Å². The van der Waals surface area contributed by atoms with Crippen LogP contribution in [0, 0.1) is 0 Å². The highest BCUT2D eigenvalue weighted by molar-refractivity contribution is 5.86. The predicted molar refractivity (Wildman–Crippen MR) is 72.4 cm³/mol. The van der Waals surface area contributed by atoms with Gasteiger partial charge in [-0.25, -0.2) is 4.79 Å². The third-order valence-electron chi connectivity index (χ3n) is 3.26. The molecule has 0 aromatic rings. The van der Waals surface area contributed by atoms with Crippen molar-refractivity contribution >= 4 is 5.97 Å². The van der Waals surface area contributed by atoms with E-state index in [1.54, 1.807) is 6.92 Å². The van der Waals surface area contributed by atoms with E-state index in [9.17, 15) is 4.79 Å². The summed E-state index contributed by atoms with van der Waals surface area (Å²) in [6.07, 6.45) is 9.37. The van der Waals surface area contributed by atoms with Crippen molar-refractivity contribution in [2.75, 3.05) is 6.61 Å². The van der Waals surface area contributed by atoms with Crippen LogP contribution in [-0.4, -0.2) is 24.8 Å². The SMILES string of the molecule is C=C(C)C(=O)OCC1OC1CCCCCCCC. The molecule has 1 saturated heterocycles. The molecular weight excluding hydrogens is 228 g/mol. The minimum Gasteiger partial charge on any atom is -0.459 e. The fourth-order valence-corrected chi connectivity index (χ4v) is 1.99. The Balaban J connectivity index is 1.91. The highest BCUT2D eigenvalue weighted by Gasteiger charge is 2.38. The third-order valence-corrected chi connectivity index (χ3v) is 3.26. The minimum atomic E-state index is -0.316. The van der Waals surface area contributed by atoms with E-state index in [1.165, 1.54) is 38.5 Å². The van der Waals surface area contributed by atoms with Gasteiger partial charge in [0.2, 0.25) is 0 Å². The molecule has 104 valence electrons. The first-order valence-electron chi connectivity index (χ1n) is 7.13. The summed E-state index contributed by atoms with van der Waals surface area (Å²) < 4.78 is 10.5. The van der Waals surface area contributed by atoms with Crippen molar-refractivity contribution in [1.82, 2.24) is 0 Å². The molecule has 0 aromatic carbocycles. The number of carbonyl (C=O) groups excluding carboxylic acids is 1. The number of epoxide rings is 1. The number of rotatable bonds is 10. The molecule has 0 aliphatic carbocycles. The van der Waals surface area contributed by atoms with E-state index in [4.69, 9.17) is 9.47 Å². The minimum absolute atomic E-state index is 0.129. The molecule has 1 aliphatic rings. The van der Waals surface area contributed by atoms with Crippen molar-refractivity contribution in [3.63, 3.8) is 0 Å². The average molecular weight is 254 g/mol. The predicted octanol–water partition coefficient (Wildman–Crippen LogP) is 3.62. The number of hydrogen-bond acceptors (Lipinski definition) is 3. The molecule has 2 unspecified atom stereocenters. The highest BCUT2D eigenvalue weighted by Crippen LogP contribution is 2.28. The van der Waals surface area contributed by atoms with Gasteiger partial charge in [-0.3, -0.25) is 0 Å². The Morgan fingerprint density at radius 2 is 1.83 bits per heavy atom. The molecule has 2 atom stereocenters. The summed E-state index contributed by atoms with van der Waals surface area (Å²) in [5, 5.41) is 0. The maximum absolute atomic E-state index is 11.2. The van der Waals surface area contributed by atoms with Gasteiger partial charge in [-0.05, 0) is 13.3 Å². The van der Waals surface area contributed by atoms with E-state index in [2.05, 4.69) is 13.5 Å². The number of esters is 1. The molecule has 0 spiro atoms. The molecule has 0 bridgehead atoms. The second-order valence-electron chi connectivity index (χ2n) is 5.15. The highest BCUT2D eigenvalue weighted by atomic mass is 16.6. The van der Waals surface area contributed by atoms with E-state index in [0.29, 0.717) is 18.3 Å². The molecule has 1 fully saturated rings. The molecule has 18 heavy (non-hydrogen) atoms. The molecule has 0 aromatic heterocycles. The molecule has 0 radical (unpaired) electrons. The van der Waals surface area contributed by atoms with Crippen molar-refractivity contribution in [3.05, 3.63) is 12.2 Å². The summed E-state index contributed by atoms with van der Waals surface area (Å²) in [6, 6.07) is 0. The second-order valence-corrected chi connectivity index (χ2v) is 5.15. The van der Waals surface area contributed by atoms with Gasteiger partial charge >= 0.3 is 5.97 Å². The van der Waals surface area contributed by atoms with Crippen LogP contribution >= 0.6 is 0 Å². The first-order chi connectivity index (χ1) is 8.65. The van der Waals surface area contributed by atoms with Crippen LogP contribution in [0.1, 0.15) is 58.8 Å². The van der Waals surface area contributed by atoms with Gasteiger partial charge in [0.1, 0.15) is 12.7 Å². The summed E-state index contributed by atoms with van der Waals surface area (Å²) in [6.45, 7) is 7.81. The number of ether oxygens (including phenoxy) is 2. The summed E-state index contributed by atoms with van der Waals surface area (Å²) in [5.74, 6) is -0.316. The average Bonchev–Trinajstić information content (AvgIpc) is 3.09. The number of carbonyl (C=O) groups is 1. The monoisotopic (exact) mass is 254 g/mol. The lowest BCUT2D eigenvalue weighted by atomic mass is 10.1. The van der Waals surface area contributed by atoms with Gasteiger partial charge in [0.05, 0.1) is 6.10 Å². The zero-order chi connectivity index (χ0) is 13.4. The van der Waals surface area contributed by atoms with Gasteiger partial charge in [0, 0.05) is 5.57 Å². The fraction of sp³-hybridized carbons (Fsp3) is 0.800. The Bertz CT molecular complexity index is 273. The molecule has 0 saturated carbocycles. The topological polar surface area (TPSA) is 38.8 Å². The lowest BCUT2D eigenvalue weighted by Crippen LogP contribution is -2.11. The van der Waals surface area contributed by atoms with Gasteiger partial charge in [0.15, 0.2) is 0 Å². The lowest BCUT2D eigenvalue weighted by Gasteiger charge is -2.01. The number of unbranched alkanes of at least 4 members (excludes halogenated alkanes) is 5. The molecule has 3 heteroatoms. The Hall–Kier alpha value is -0.830. The molecular formula is C15H26O3. The summed E-state index contributed by atoms with van der Waals surface area (Å²) in [7, 11) is 0. The Labute approximate surface area is 111 Å². The van der Waals surface area contributed by atoms with Crippen molar-refractivity contribution < 1.29 is 14.3 Å². The van der Waals surface area contributed by atoms with E-state index >= 15 is 0 Å². The van der Waals surface area contributed by atoms with E-state index in [0.717, 1.165) is 6.42 Å². The van der Waals surface area contributed by atoms with Crippen LogP contribution in [0.15, 0.2) is 12.2 Å². The molecule has 1 rings (SSSR count). The largest absolute Gasteiger partial charge is 0.459 e. The van der Waals surface area contributed by atoms with Crippen LogP contribution in [0.3, 0.4) is 0 Å². The number of hydrogen-bond donors (Lipinski definition) is 0. The van der Waals surface area contributed by atoms with E-state index in [1.807, 2.05) is 0 Å². The maximum Gasteiger partial charge on any atom is 0.333 e. The standard InChI is InChI=1S/C15H26O3/c1-4-5-6-7-8-9-10-13-14(18-13)11-17-15(16)12(2)3/h13-14H,2,4-11H2,1,3H3. The smallest absolute Gasteiger partial charge is 0.333 e. The molecule has 3 nitrogen and oxygen atoms in total. The van der Waals surface area contributed by atoms with Crippen molar-refractivity contribution in [2.45, 2.75) is 71.0 Å². The van der Waals surface area contributed by atoms with Crippen LogP contribution in [0.25, 0.3) is 0 Å². The second kappa shape index (κ2) is 8.30. The summed E-state index contributed by atoms with van der Waals surface area (Å²) in [4.78, 5) is 11.2. The molecule has 1 aliphatic heterocycles. The van der Waals surface area contributed by atoms with Crippen LogP contribution in [0.5, 0.6) is 0 Å². The summed E-state index contributed by atoms with van der Waals surface area (Å²) >= 11 is 0. The van der Waals surface area contributed by atoms with Crippen LogP contribution < -0.4 is 0 Å². The first kappa shape index (κ1) is 15.2. The maximum atomic E-state index is 11.2. The normalized spacial score (nSPS) is 21.7. The Morgan fingerprint density at radius 3 is 2.50 bits per heavy atom. The molecule has 0 amide bonds. The summed E-state index contributed by atoms with van der Waals surface area (Å²) in [5.41, 5.74) is 0.447. The third kappa shape index (κ3) is 6.20.